The summed E-state index contributed by atoms with van der Waals surface area (Å²) in [6.45, 7) is 15.8. The standard InChI is InChI=1S/C15H33N3O/c1-5-16-15(4,13-19)8-7-9-17-10-11-18(6-2)14(3)12-17/h14,16,19H,5-13H2,1-4H3. The molecule has 19 heavy (non-hydrogen) atoms. The molecule has 1 heterocycles. The smallest absolute Gasteiger partial charge is 0.0610 e. The zero-order chi connectivity index (χ0) is 14.3. The van der Waals surface area contributed by atoms with Gasteiger partial charge in [-0.25, -0.2) is 0 Å². The Kier molecular flexibility index (Phi) is 7.29. The molecule has 1 aliphatic rings. The summed E-state index contributed by atoms with van der Waals surface area (Å²) in [6, 6.07) is 0.678. The molecular formula is C15H33N3O. The highest BCUT2D eigenvalue weighted by Crippen LogP contribution is 2.14. The molecule has 4 heteroatoms. The molecule has 0 amide bonds. The zero-order valence-corrected chi connectivity index (χ0v) is 13.3. The van der Waals surface area contributed by atoms with Crippen LogP contribution in [0.4, 0.5) is 0 Å². The molecule has 0 aliphatic carbocycles. The number of aliphatic hydroxyl groups is 1. The number of rotatable bonds is 8. The minimum atomic E-state index is -0.106. The summed E-state index contributed by atoms with van der Waals surface area (Å²) >= 11 is 0. The Morgan fingerprint density at radius 3 is 2.58 bits per heavy atom. The number of aliphatic hydroxyl groups excluding tert-OH is 1. The molecule has 1 fully saturated rings. The Labute approximate surface area is 119 Å². The van der Waals surface area contributed by atoms with Gasteiger partial charge in [0.05, 0.1) is 6.61 Å². The number of hydrogen-bond donors (Lipinski definition) is 2. The average molecular weight is 271 g/mol. The van der Waals surface area contributed by atoms with Crippen LogP contribution in [0.1, 0.15) is 40.5 Å². The van der Waals surface area contributed by atoms with E-state index in [1.54, 1.807) is 0 Å². The summed E-state index contributed by atoms with van der Waals surface area (Å²) in [5.41, 5.74) is -0.106. The average Bonchev–Trinajstić information content (AvgIpc) is 2.39. The molecule has 1 rings (SSSR count). The van der Waals surface area contributed by atoms with Gasteiger partial charge in [0, 0.05) is 31.2 Å². The van der Waals surface area contributed by atoms with Gasteiger partial charge in [-0.1, -0.05) is 13.8 Å². The van der Waals surface area contributed by atoms with Gasteiger partial charge in [0.25, 0.3) is 0 Å². The van der Waals surface area contributed by atoms with Gasteiger partial charge in [-0.15, -0.1) is 0 Å². The maximum Gasteiger partial charge on any atom is 0.0610 e. The Hall–Kier alpha value is -0.160. The number of hydrogen-bond acceptors (Lipinski definition) is 4. The van der Waals surface area contributed by atoms with Gasteiger partial charge in [0.1, 0.15) is 0 Å². The van der Waals surface area contributed by atoms with Crippen LogP contribution in [-0.2, 0) is 0 Å². The lowest BCUT2D eigenvalue weighted by molar-refractivity contribution is 0.0829. The third kappa shape index (κ3) is 5.38. The molecule has 2 atom stereocenters. The summed E-state index contributed by atoms with van der Waals surface area (Å²) in [4.78, 5) is 5.12. The summed E-state index contributed by atoms with van der Waals surface area (Å²) in [7, 11) is 0. The van der Waals surface area contributed by atoms with E-state index >= 15 is 0 Å². The lowest BCUT2D eigenvalue weighted by Crippen LogP contribution is -2.52. The highest BCUT2D eigenvalue weighted by molar-refractivity contribution is 4.83. The molecule has 0 saturated carbocycles. The van der Waals surface area contributed by atoms with Crippen molar-refractivity contribution in [1.82, 2.24) is 15.1 Å². The number of likely N-dealkylation sites (N-methyl/N-ethyl adjacent to an activating group) is 2. The maximum absolute atomic E-state index is 9.48. The van der Waals surface area contributed by atoms with Crippen molar-refractivity contribution in [2.45, 2.75) is 52.1 Å². The predicted molar refractivity (Wildman–Crippen MR) is 81.6 cm³/mol. The van der Waals surface area contributed by atoms with Crippen molar-refractivity contribution < 1.29 is 5.11 Å². The fraction of sp³-hybridized carbons (Fsp3) is 1.00. The summed E-state index contributed by atoms with van der Waals surface area (Å²) < 4.78 is 0. The topological polar surface area (TPSA) is 38.7 Å². The molecule has 114 valence electrons. The van der Waals surface area contributed by atoms with E-state index < -0.39 is 0 Å². The molecule has 4 nitrogen and oxygen atoms in total. The van der Waals surface area contributed by atoms with Crippen LogP contribution < -0.4 is 5.32 Å². The van der Waals surface area contributed by atoms with Gasteiger partial charge in [-0.2, -0.15) is 0 Å². The predicted octanol–water partition coefficient (Wildman–Crippen LogP) is 1.15. The van der Waals surface area contributed by atoms with Gasteiger partial charge < -0.3 is 15.3 Å². The van der Waals surface area contributed by atoms with Crippen LogP contribution in [0, 0.1) is 0 Å². The summed E-state index contributed by atoms with van der Waals surface area (Å²) in [5, 5.41) is 12.9. The maximum atomic E-state index is 9.48. The first-order valence-corrected chi connectivity index (χ1v) is 7.87. The van der Waals surface area contributed by atoms with Crippen LogP contribution in [0.2, 0.25) is 0 Å². The van der Waals surface area contributed by atoms with Crippen LogP contribution in [0.5, 0.6) is 0 Å². The molecule has 0 aromatic carbocycles. The van der Waals surface area contributed by atoms with Crippen LogP contribution in [0.15, 0.2) is 0 Å². The van der Waals surface area contributed by atoms with Crippen LogP contribution in [0.3, 0.4) is 0 Å². The van der Waals surface area contributed by atoms with E-state index in [4.69, 9.17) is 0 Å². The van der Waals surface area contributed by atoms with Crippen molar-refractivity contribution in [3.05, 3.63) is 0 Å². The molecule has 0 aromatic rings. The SMILES string of the molecule is CCNC(C)(CO)CCCN1CCN(CC)C(C)C1. The van der Waals surface area contributed by atoms with E-state index in [-0.39, 0.29) is 12.1 Å². The fourth-order valence-corrected chi connectivity index (χ4v) is 3.09. The van der Waals surface area contributed by atoms with E-state index in [2.05, 4.69) is 42.8 Å². The number of piperazine rings is 1. The largest absolute Gasteiger partial charge is 0.394 e. The molecule has 0 aromatic heterocycles. The van der Waals surface area contributed by atoms with E-state index in [0.29, 0.717) is 6.04 Å². The van der Waals surface area contributed by atoms with E-state index in [1.807, 2.05) is 0 Å². The van der Waals surface area contributed by atoms with E-state index in [0.717, 1.165) is 32.5 Å². The van der Waals surface area contributed by atoms with Crippen molar-refractivity contribution in [2.24, 2.45) is 0 Å². The lowest BCUT2D eigenvalue weighted by Gasteiger charge is -2.39. The molecule has 1 aliphatic heterocycles. The molecule has 2 unspecified atom stereocenters. The second kappa shape index (κ2) is 8.20. The van der Waals surface area contributed by atoms with Gasteiger partial charge >= 0.3 is 0 Å². The van der Waals surface area contributed by atoms with E-state index in [9.17, 15) is 5.11 Å². The van der Waals surface area contributed by atoms with Crippen LogP contribution >= 0.6 is 0 Å². The Balaban J connectivity index is 2.26. The molecule has 0 spiro atoms. The molecule has 1 saturated heterocycles. The van der Waals surface area contributed by atoms with Gasteiger partial charge in [0.2, 0.25) is 0 Å². The minimum absolute atomic E-state index is 0.106. The first-order chi connectivity index (χ1) is 9.04. The highest BCUT2D eigenvalue weighted by Gasteiger charge is 2.24. The van der Waals surface area contributed by atoms with Crippen LogP contribution in [0.25, 0.3) is 0 Å². The zero-order valence-electron chi connectivity index (χ0n) is 13.3. The monoisotopic (exact) mass is 271 g/mol. The third-order valence-corrected chi connectivity index (χ3v) is 4.41. The van der Waals surface area contributed by atoms with Crippen molar-refractivity contribution in [1.29, 1.82) is 0 Å². The Bertz CT molecular complexity index is 250. The first kappa shape index (κ1) is 16.9. The highest BCUT2D eigenvalue weighted by atomic mass is 16.3. The second-order valence-electron chi connectivity index (χ2n) is 6.13. The van der Waals surface area contributed by atoms with Crippen molar-refractivity contribution in [2.75, 3.05) is 45.9 Å². The van der Waals surface area contributed by atoms with Crippen LogP contribution in [-0.4, -0.2) is 72.4 Å². The molecular weight excluding hydrogens is 238 g/mol. The number of nitrogens with zero attached hydrogens (tertiary/aromatic N) is 2. The Morgan fingerprint density at radius 2 is 2.05 bits per heavy atom. The normalized spacial score (nSPS) is 25.4. The molecule has 0 radical (unpaired) electrons. The second-order valence-corrected chi connectivity index (χ2v) is 6.13. The third-order valence-electron chi connectivity index (χ3n) is 4.41. The summed E-state index contributed by atoms with van der Waals surface area (Å²) in [6.07, 6.45) is 2.20. The molecule has 0 bridgehead atoms. The molecule has 2 N–H and O–H groups in total. The van der Waals surface area contributed by atoms with Crippen molar-refractivity contribution >= 4 is 0 Å². The van der Waals surface area contributed by atoms with Gasteiger partial charge in [-0.3, -0.25) is 4.90 Å². The van der Waals surface area contributed by atoms with Gasteiger partial charge in [0.15, 0.2) is 0 Å². The van der Waals surface area contributed by atoms with Crippen molar-refractivity contribution in [3.63, 3.8) is 0 Å². The Morgan fingerprint density at radius 1 is 1.32 bits per heavy atom. The summed E-state index contributed by atoms with van der Waals surface area (Å²) in [5.74, 6) is 0. The fourth-order valence-electron chi connectivity index (χ4n) is 3.09. The van der Waals surface area contributed by atoms with Crippen molar-refractivity contribution in [3.8, 4) is 0 Å². The number of nitrogens with one attached hydrogen (secondary N) is 1. The first-order valence-electron chi connectivity index (χ1n) is 7.87. The van der Waals surface area contributed by atoms with Gasteiger partial charge in [-0.05, 0) is 46.3 Å². The lowest BCUT2D eigenvalue weighted by atomic mass is 9.96. The van der Waals surface area contributed by atoms with E-state index in [1.165, 1.54) is 19.6 Å². The minimum Gasteiger partial charge on any atom is -0.394 e. The quantitative estimate of drug-likeness (QED) is 0.695.